The Bertz CT molecular complexity index is 1020. The molecule has 1 unspecified atom stereocenters. The molecule has 1 aromatic heterocycles. The van der Waals surface area contributed by atoms with Crippen LogP contribution < -0.4 is 5.32 Å². The largest absolute Gasteiger partial charge is 0.449 e. The molecule has 0 saturated heterocycles. The van der Waals surface area contributed by atoms with Crippen LogP contribution in [0.3, 0.4) is 0 Å². The zero-order valence-corrected chi connectivity index (χ0v) is 18.8. The molecule has 1 atom stereocenters. The molecule has 1 aromatic carbocycles. The zero-order valence-electron chi connectivity index (χ0n) is 18.0. The molecule has 31 heavy (non-hydrogen) atoms. The van der Waals surface area contributed by atoms with Crippen LogP contribution in [0, 0.1) is 6.92 Å². The van der Waals surface area contributed by atoms with Crippen molar-refractivity contribution in [3.8, 4) is 0 Å². The minimum Gasteiger partial charge on any atom is -0.449 e. The number of carbonyl (C=O) groups is 2. The Hall–Kier alpha value is -2.98. The number of sulfonamides is 1. The maximum absolute atomic E-state index is 12.5. The minimum atomic E-state index is -3.54. The number of carbonyl (C=O) groups excluding carboxylic acids is 2. The maximum Gasteiger partial charge on any atom is 0.331 e. The summed E-state index contributed by atoms with van der Waals surface area (Å²) in [6.45, 7) is 7.73. The molecule has 0 radical (unpaired) electrons. The second-order valence-corrected chi connectivity index (χ2v) is 8.58. The van der Waals surface area contributed by atoms with Gasteiger partial charge in [0.25, 0.3) is 5.91 Å². The average Bonchev–Trinajstić information content (AvgIpc) is 3.15. The molecule has 0 aliphatic carbocycles. The van der Waals surface area contributed by atoms with Crippen LogP contribution in [0.15, 0.2) is 45.8 Å². The van der Waals surface area contributed by atoms with Crippen LogP contribution in [0.2, 0.25) is 0 Å². The van der Waals surface area contributed by atoms with Gasteiger partial charge in [0.05, 0.1) is 4.90 Å². The minimum absolute atomic E-state index is 0.182. The summed E-state index contributed by atoms with van der Waals surface area (Å²) in [6.07, 6.45) is 1.96. The van der Waals surface area contributed by atoms with Gasteiger partial charge in [0.1, 0.15) is 5.76 Å². The van der Waals surface area contributed by atoms with Crippen molar-refractivity contribution >= 4 is 33.8 Å². The van der Waals surface area contributed by atoms with E-state index >= 15 is 0 Å². The number of hydrogen-bond acceptors (Lipinski definition) is 7. The summed E-state index contributed by atoms with van der Waals surface area (Å²) < 4.78 is 36.5. The Balaban J connectivity index is 1.99. The van der Waals surface area contributed by atoms with Crippen molar-refractivity contribution in [2.75, 3.05) is 18.4 Å². The third-order valence-corrected chi connectivity index (χ3v) is 6.50. The normalized spacial score (nSPS) is 12.8. The molecule has 2 rings (SSSR count). The van der Waals surface area contributed by atoms with Crippen molar-refractivity contribution in [1.29, 1.82) is 0 Å². The van der Waals surface area contributed by atoms with Gasteiger partial charge in [-0.25, -0.2) is 13.2 Å². The third-order valence-electron chi connectivity index (χ3n) is 4.44. The number of nitrogens with one attached hydrogen (secondary N) is 1. The van der Waals surface area contributed by atoms with Gasteiger partial charge in [0.2, 0.25) is 10.0 Å². The van der Waals surface area contributed by atoms with Crippen molar-refractivity contribution in [2.45, 2.75) is 45.1 Å². The van der Waals surface area contributed by atoms with E-state index in [2.05, 4.69) is 10.5 Å². The second-order valence-electron chi connectivity index (χ2n) is 6.64. The topological polar surface area (TPSA) is 119 Å². The van der Waals surface area contributed by atoms with Crippen LogP contribution in [0.5, 0.6) is 0 Å². The molecule has 0 aliphatic rings. The van der Waals surface area contributed by atoms with Crippen LogP contribution in [0.4, 0.5) is 5.82 Å². The quantitative estimate of drug-likeness (QED) is 0.437. The molecule has 1 heterocycles. The predicted octanol–water partition coefficient (Wildman–Crippen LogP) is 2.99. The number of amides is 1. The van der Waals surface area contributed by atoms with Crippen molar-refractivity contribution in [2.24, 2.45) is 0 Å². The predicted molar refractivity (Wildman–Crippen MR) is 116 cm³/mol. The number of nitrogens with zero attached hydrogens (tertiary/aromatic N) is 2. The first-order valence-electron chi connectivity index (χ1n) is 9.94. The maximum atomic E-state index is 12.5. The average molecular weight is 450 g/mol. The first-order valence-corrected chi connectivity index (χ1v) is 11.4. The first-order chi connectivity index (χ1) is 14.7. The molecule has 0 bridgehead atoms. The van der Waals surface area contributed by atoms with Crippen LogP contribution >= 0.6 is 0 Å². The summed E-state index contributed by atoms with van der Waals surface area (Å²) in [4.78, 5) is 24.5. The molecule has 9 nitrogen and oxygen atoms in total. The number of esters is 1. The second kappa shape index (κ2) is 10.9. The number of ether oxygens (including phenoxy) is 1. The van der Waals surface area contributed by atoms with Gasteiger partial charge in [-0.2, -0.15) is 4.31 Å². The van der Waals surface area contributed by atoms with Crippen LogP contribution in [0.25, 0.3) is 6.08 Å². The van der Waals surface area contributed by atoms with E-state index in [1.54, 1.807) is 45.9 Å². The van der Waals surface area contributed by atoms with Crippen LogP contribution in [-0.2, 0) is 24.3 Å². The van der Waals surface area contributed by atoms with Gasteiger partial charge in [-0.3, -0.25) is 4.79 Å². The molecule has 1 N–H and O–H groups in total. The molecular weight excluding hydrogens is 422 g/mol. The van der Waals surface area contributed by atoms with Crippen molar-refractivity contribution in [1.82, 2.24) is 9.46 Å². The first kappa shape index (κ1) is 24.3. The van der Waals surface area contributed by atoms with Gasteiger partial charge in [0.15, 0.2) is 11.9 Å². The Morgan fingerprint density at radius 1 is 1.19 bits per heavy atom. The number of aromatic nitrogens is 1. The van der Waals surface area contributed by atoms with Gasteiger partial charge in [-0.1, -0.05) is 38.1 Å². The highest BCUT2D eigenvalue weighted by Crippen LogP contribution is 2.17. The molecule has 1 amide bonds. The monoisotopic (exact) mass is 449 g/mol. The summed E-state index contributed by atoms with van der Waals surface area (Å²) in [5.74, 6) is -0.423. The molecular formula is C21H27N3O6S. The molecule has 0 saturated carbocycles. The fourth-order valence-corrected chi connectivity index (χ4v) is 4.22. The van der Waals surface area contributed by atoms with E-state index < -0.39 is 28.0 Å². The Kier molecular flexibility index (Phi) is 8.52. The van der Waals surface area contributed by atoms with Gasteiger partial charge in [-0.05, 0) is 37.1 Å². The van der Waals surface area contributed by atoms with E-state index in [-0.39, 0.29) is 17.1 Å². The van der Waals surface area contributed by atoms with Crippen LogP contribution in [-0.4, -0.2) is 48.9 Å². The van der Waals surface area contributed by atoms with Crippen molar-refractivity contribution < 1.29 is 27.3 Å². The van der Waals surface area contributed by atoms with E-state index in [1.165, 1.54) is 28.6 Å². The Morgan fingerprint density at radius 2 is 1.84 bits per heavy atom. The molecule has 0 fully saturated rings. The molecule has 0 aliphatic heterocycles. The number of aryl methyl sites for hydroxylation is 1. The summed E-state index contributed by atoms with van der Waals surface area (Å²) >= 11 is 0. The van der Waals surface area contributed by atoms with Gasteiger partial charge in [0, 0.05) is 25.2 Å². The SMILES string of the molecule is CCC(OC(=O)/C=C/c1ccc(S(=O)(=O)N(CC)CC)cc1)C(=O)Nc1cc(C)on1. The van der Waals surface area contributed by atoms with E-state index in [9.17, 15) is 18.0 Å². The summed E-state index contributed by atoms with van der Waals surface area (Å²) in [6, 6.07) is 7.71. The van der Waals surface area contributed by atoms with E-state index in [0.717, 1.165) is 0 Å². The van der Waals surface area contributed by atoms with Crippen LogP contribution in [0.1, 0.15) is 38.5 Å². The lowest BCUT2D eigenvalue weighted by Crippen LogP contribution is -2.31. The third kappa shape index (κ3) is 6.50. The highest BCUT2D eigenvalue weighted by atomic mass is 32.2. The lowest BCUT2D eigenvalue weighted by Gasteiger charge is -2.18. The highest BCUT2D eigenvalue weighted by Gasteiger charge is 2.22. The number of rotatable bonds is 10. The van der Waals surface area contributed by atoms with Gasteiger partial charge >= 0.3 is 5.97 Å². The number of benzene rings is 1. The van der Waals surface area contributed by atoms with E-state index in [0.29, 0.717) is 24.4 Å². The molecule has 10 heteroatoms. The lowest BCUT2D eigenvalue weighted by molar-refractivity contribution is -0.149. The van der Waals surface area contributed by atoms with Crippen molar-refractivity contribution in [3.05, 3.63) is 47.7 Å². The zero-order chi connectivity index (χ0) is 23.0. The number of hydrogen-bond donors (Lipinski definition) is 1. The van der Waals surface area contributed by atoms with E-state index in [4.69, 9.17) is 9.26 Å². The summed E-state index contributed by atoms with van der Waals surface area (Å²) in [5, 5.41) is 6.19. The standard InChI is InChI=1S/C21H27N3O6S/c1-5-18(21(26)22-19-14-15(4)30-23-19)29-20(25)13-10-16-8-11-17(12-9-16)31(27,28)24(6-2)7-3/h8-14,18H,5-7H2,1-4H3,(H,22,23,26)/b13-10+. The smallest absolute Gasteiger partial charge is 0.331 e. The Morgan fingerprint density at radius 3 is 2.35 bits per heavy atom. The highest BCUT2D eigenvalue weighted by molar-refractivity contribution is 7.89. The summed E-state index contributed by atoms with van der Waals surface area (Å²) in [7, 11) is -3.54. The van der Waals surface area contributed by atoms with Gasteiger partial charge < -0.3 is 14.6 Å². The Labute approximate surface area is 182 Å². The molecule has 168 valence electrons. The molecule has 0 spiro atoms. The van der Waals surface area contributed by atoms with Gasteiger partial charge in [-0.15, -0.1) is 0 Å². The number of anilines is 1. The van der Waals surface area contributed by atoms with Crippen molar-refractivity contribution in [3.63, 3.8) is 0 Å². The summed E-state index contributed by atoms with van der Waals surface area (Å²) in [5.41, 5.74) is 0.617. The molecule has 2 aromatic rings. The fraction of sp³-hybridized carbons (Fsp3) is 0.381. The lowest BCUT2D eigenvalue weighted by atomic mass is 10.2. The van der Waals surface area contributed by atoms with E-state index in [1.807, 2.05) is 0 Å². The fourth-order valence-electron chi connectivity index (χ4n) is 2.76.